The quantitative estimate of drug-likeness (QED) is 0.862. The van der Waals surface area contributed by atoms with E-state index in [1.54, 1.807) is 6.20 Å². The number of thiophene rings is 1. The number of nitrogens with zero attached hydrogens (tertiary/aromatic N) is 1. The first-order valence-electron chi connectivity index (χ1n) is 5.29. The highest BCUT2D eigenvalue weighted by Gasteiger charge is 2.04. The number of thioether (sulfide) groups is 1. The van der Waals surface area contributed by atoms with Gasteiger partial charge in [-0.1, -0.05) is 29.4 Å². The second-order valence-corrected chi connectivity index (χ2v) is 6.23. The van der Waals surface area contributed by atoms with Gasteiger partial charge < -0.3 is 5.32 Å². The molecular weight excluding hydrogens is 288 g/mol. The van der Waals surface area contributed by atoms with E-state index in [1.807, 2.05) is 30.3 Å². The molecular formula is C12H11ClN2OS2. The number of nitrogens with one attached hydrogen (secondary N) is 1. The summed E-state index contributed by atoms with van der Waals surface area (Å²) in [6.07, 6.45) is 1.72. The van der Waals surface area contributed by atoms with Gasteiger partial charge in [-0.05, 0) is 24.3 Å². The molecule has 0 fully saturated rings. The van der Waals surface area contributed by atoms with E-state index in [0.717, 1.165) is 14.2 Å². The van der Waals surface area contributed by atoms with Gasteiger partial charge in [-0.3, -0.25) is 4.79 Å². The number of pyridine rings is 1. The largest absolute Gasteiger partial charge is 0.350 e. The van der Waals surface area contributed by atoms with Crippen molar-refractivity contribution in [2.24, 2.45) is 0 Å². The molecule has 0 saturated carbocycles. The second-order valence-electron chi connectivity index (χ2n) is 3.44. The van der Waals surface area contributed by atoms with Crippen LogP contribution in [0.1, 0.15) is 4.88 Å². The van der Waals surface area contributed by atoms with Crippen molar-refractivity contribution < 1.29 is 4.79 Å². The Morgan fingerprint density at radius 3 is 2.94 bits per heavy atom. The van der Waals surface area contributed by atoms with Gasteiger partial charge in [0.2, 0.25) is 5.91 Å². The Hall–Kier alpha value is -1.04. The third kappa shape index (κ3) is 4.33. The molecule has 2 heterocycles. The smallest absolute Gasteiger partial charge is 0.230 e. The van der Waals surface area contributed by atoms with Gasteiger partial charge in [-0.25, -0.2) is 4.98 Å². The number of carbonyl (C=O) groups excluding carboxylic acids is 1. The van der Waals surface area contributed by atoms with Crippen LogP contribution in [0.25, 0.3) is 0 Å². The van der Waals surface area contributed by atoms with Gasteiger partial charge in [0.1, 0.15) is 0 Å². The highest BCUT2D eigenvalue weighted by Crippen LogP contribution is 2.21. The summed E-state index contributed by atoms with van der Waals surface area (Å²) in [4.78, 5) is 16.8. The number of aromatic nitrogens is 1. The number of hydrogen-bond acceptors (Lipinski definition) is 4. The van der Waals surface area contributed by atoms with Gasteiger partial charge in [0.25, 0.3) is 0 Å². The molecule has 0 aliphatic heterocycles. The first kappa shape index (κ1) is 13.4. The van der Waals surface area contributed by atoms with Crippen LogP contribution in [0.15, 0.2) is 41.6 Å². The SMILES string of the molecule is O=C(CSc1ccccn1)NCc1ccc(Cl)s1. The molecule has 2 aromatic heterocycles. The Kier molecular flexibility index (Phi) is 5.04. The zero-order valence-electron chi connectivity index (χ0n) is 9.43. The molecule has 94 valence electrons. The summed E-state index contributed by atoms with van der Waals surface area (Å²) in [7, 11) is 0. The Morgan fingerprint density at radius 1 is 1.39 bits per heavy atom. The van der Waals surface area contributed by atoms with Crippen LogP contribution in [-0.4, -0.2) is 16.6 Å². The van der Waals surface area contributed by atoms with E-state index in [-0.39, 0.29) is 5.91 Å². The molecule has 0 saturated heterocycles. The summed E-state index contributed by atoms with van der Waals surface area (Å²) in [6.45, 7) is 0.527. The Balaban J connectivity index is 1.73. The molecule has 18 heavy (non-hydrogen) atoms. The van der Waals surface area contributed by atoms with Crippen LogP contribution in [0.3, 0.4) is 0 Å². The lowest BCUT2D eigenvalue weighted by Gasteiger charge is -2.03. The molecule has 0 aliphatic rings. The van der Waals surface area contributed by atoms with Crippen LogP contribution >= 0.6 is 34.7 Å². The first-order valence-corrected chi connectivity index (χ1v) is 7.47. The number of halogens is 1. The normalized spacial score (nSPS) is 10.3. The lowest BCUT2D eigenvalue weighted by molar-refractivity contribution is -0.118. The maximum absolute atomic E-state index is 11.6. The Morgan fingerprint density at radius 2 is 2.28 bits per heavy atom. The summed E-state index contributed by atoms with van der Waals surface area (Å²) in [5, 5.41) is 3.70. The molecule has 0 unspecified atom stereocenters. The van der Waals surface area contributed by atoms with Crippen LogP contribution in [0.5, 0.6) is 0 Å². The lowest BCUT2D eigenvalue weighted by Crippen LogP contribution is -2.24. The van der Waals surface area contributed by atoms with Crippen molar-refractivity contribution in [3.63, 3.8) is 0 Å². The number of amides is 1. The fraction of sp³-hybridized carbons (Fsp3) is 0.167. The third-order valence-electron chi connectivity index (χ3n) is 2.08. The molecule has 0 bridgehead atoms. The highest BCUT2D eigenvalue weighted by atomic mass is 35.5. The minimum Gasteiger partial charge on any atom is -0.350 e. The minimum atomic E-state index is -0.00447. The standard InChI is InChI=1S/C12H11ClN2OS2/c13-10-5-4-9(18-10)7-15-11(16)8-17-12-3-1-2-6-14-12/h1-6H,7-8H2,(H,15,16). The Labute approximate surface area is 119 Å². The van der Waals surface area contributed by atoms with Crippen LogP contribution < -0.4 is 5.32 Å². The van der Waals surface area contributed by atoms with Crippen LogP contribution in [0.2, 0.25) is 4.34 Å². The number of hydrogen-bond donors (Lipinski definition) is 1. The molecule has 0 spiro atoms. The summed E-state index contributed by atoms with van der Waals surface area (Å²) in [5.41, 5.74) is 0. The topological polar surface area (TPSA) is 42.0 Å². The lowest BCUT2D eigenvalue weighted by atomic mass is 10.4. The number of carbonyl (C=O) groups is 1. The van der Waals surface area contributed by atoms with Crippen molar-refractivity contribution in [1.82, 2.24) is 10.3 Å². The van der Waals surface area contributed by atoms with Crippen LogP contribution in [-0.2, 0) is 11.3 Å². The fourth-order valence-corrected chi connectivity index (χ4v) is 2.97. The van der Waals surface area contributed by atoms with Crippen LogP contribution in [0.4, 0.5) is 0 Å². The van der Waals surface area contributed by atoms with Crippen molar-refractivity contribution in [1.29, 1.82) is 0 Å². The van der Waals surface area contributed by atoms with E-state index < -0.39 is 0 Å². The van der Waals surface area contributed by atoms with Crippen molar-refractivity contribution in [3.05, 3.63) is 45.7 Å². The number of rotatable bonds is 5. The first-order chi connectivity index (χ1) is 8.74. The molecule has 3 nitrogen and oxygen atoms in total. The van der Waals surface area contributed by atoms with E-state index in [0.29, 0.717) is 12.3 Å². The maximum atomic E-state index is 11.6. The molecule has 0 aromatic carbocycles. The Bertz CT molecular complexity index is 516. The molecule has 2 rings (SSSR count). The summed E-state index contributed by atoms with van der Waals surface area (Å²) in [6, 6.07) is 9.39. The van der Waals surface area contributed by atoms with Gasteiger partial charge in [-0.2, -0.15) is 0 Å². The average molecular weight is 299 g/mol. The summed E-state index contributed by atoms with van der Waals surface area (Å²) >= 11 is 8.71. The molecule has 0 aliphatic carbocycles. The van der Waals surface area contributed by atoms with E-state index in [4.69, 9.17) is 11.6 Å². The van der Waals surface area contributed by atoms with Crippen molar-refractivity contribution in [3.8, 4) is 0 Å². The molecule has 2 aromatic rings. The second kappa shape index (κ2) is 6.78. The van der Waals surface area contributed by atoms with Crippen molar-refractivity contribution in [2.45, 2.75) is 11.6 Å². The van der Waals surface area contributed by atoms with Gasteiger partial charge in [0, 0.05) is 11.1 Å². The fourth-order valence-electron chi connectivity index (χ4n) is 1.26. The summed E-state index contributed by atoms with van der Waals surface area (Å²) in [5.74, 6) is 0.367. The van der Waals surface area contributed by atoms with E-state index in [1.165, 1.54) is 23.1 Å². The van der Waals surface area contributed by atoms with E-state index in [2.05, 4.69) is 10.3 Å². The average Bonchev–Trinajstić information content (AvgIpc) is 2.81. The summed E-state index contributed by atoms with van der Waals surface area (Å²) < 4.78 is 0.738. The van der Waals surface area contributed by atoms with E-state index >= 15 is 0 Å². The maximum Gasteiger partial charge on any atom is 0.230 e. The van der Waals surface area contributed by atoms with Crippen molar-refractivity contribution >= 4 is 40.6 Å². The van der Waals surface area contributed by atoms with Gasteiger partial charge in [0.15, 0.2) is 0 Å². The molecule has 0 atom stereocenters. The van der Waals surface area contributed by atoms with Gasteiger partial charge in [0.05, 0.1) is 21.7 Å². The monoisotopic (exact) mass is 298 g/mol. The molecule has 0 radical (unpaired) electrons. The molecule has 1 N–H and O–H groups in total. The highest BCUT2D eigenvalue weighted by molar-refractivity contribution is 7.99. The van der Waals surface area contributed by atoms with Crippen molar-refractivity contribution in [2.75, 3.05) is 5.75 Å². The van der Waals surface area contributed by atoms with Gasteiger partial charge >= 0.3 is 0 Å². The zero-order valence-corrected chi connectivity index (χ0v) is 11.8. The van der Waals surface area contributed by atoms with Gasteiger partial charge in [-0.15, -0.1) is 11.3 Å². The molecule has 6 heteroatoms. The third-order valence-corrected chi connectivity index (χ3v) is 4.25. The minimum absolute atomic E-state index is 0.00447. The molecule has 1 amide bonds. The predicted molar refractivity (Wildman–Crippen MR) is 76.1 cm³/mol. The predicted octanol–water partition coefficient (Wildman–Crippen LogP) is 3.21. The zero-order chi connectivity index (χ0) is 12.8. The van der Waals surface area contributed by atoms with Crippen LogP contribution in [0, 0.1) is 0 Å². The van der Waals surface area contributed by atoms with E-state index in [9.17, 15) is 4.79 Å².